The fraction of sp³-hybridized carbons (Fsp3) is 0.269. The van der Waals surface area contributed by atoms with Crippen molar-refractivity contribution in [1.29, 1.82) is 0 Å². The number of thiophene rings is 1. The van der Waals surface area contributed by atoms with Gasteiger partial charge >= 0.3 is 0 Å². The van der Waals surface area contributed by atoms with Crippen LogP contribution in [0.25, 0.3) is 15.9 Å². The number of ether oxygens (including phenoxy) is 2. The zero-order chi connectivity index (χ0) is 24.7. The molecule has 1 aliphatic heterocycles. The SMILES string of the molecule is COc1ccccc1-n1c(SCC(=O)c2ccc(Cl)cc2)nc2sc3c(c2c1=O)CC(C)(C)OC3. The number of carbonyl (C=O) groups is 1. The van der Waals surface area contributed by atoms with Crippen molar-refractivity contribution >= 4 is 50.7 Å². The average molecular weight is 527 g/mol. The van der Waals surface area contributed by atoms with Gasteiger partial charge in [0.1, 0.15) is 10.6 Å². The lowest BCUT2D eigenvalue weighted by Crippen LogP contribution is -2.32. The molecule has 0 N–H and O–H groups in total. The van der Waals surface area contributed by atoms with Crippen molar-refractivity contribution in [3.05, 3.63) is 79.9 Å². The van der Waals surface area contributed by atoms with E-state index in [2.05, 4.69) is 0 Å². The molecule has 0 amide bonds. The van der Waals surface area contributed by atoms with Crippen LogP contribution < -0.4 is 10.3 Å². The van der Waals surface area contributed by atoms with E-state index >= 15 is 0 Å². The Labute approximate surface area is 215 Å². The number of rotatable bonds is 6. The summed E-state index contributed by atoms with van der Waals surface area (Å²) < 4.78 is 13.1. The summed E-state index contributed by atoms with van der Waals surface area (Å²) in [6.45, 7) is 4.51. The third-order valence-corrected chi connectivity index (χ3v) is 8.19. The second-order valence-corrected chi connectivity index (χ2v) is 11.3. The number of para-hydroxylation sites is 2. The molecule has 4 aromatic rings. The summed E-state index contributed by atoms with van der Waals surface area (Å²) >= 11 is 8.67. The number of thioether (sulfide) groups is 1. The molecule has 0 saturated carbocycles. The van der Waals surface area contributed by atoms with Crippen molar-refractivity contribution in [2.24, 2.45) is 0 Å². The number of hydrogen-bond donors (Lipinski definition) is 0. The van der Waals surface area contributed by atoms with E-state index < -0.39 is 0 Å². The molecule has 1 aliphatic rings. The highest BCUT2D eigenvalue weighted by Gasteiger charge is 2.32. The van der Waals surface area contributed by atoms with E-state index in [0.717, 1.165) is 10.4 Å². The van der Waals surface area contributed by atoms with Gasteiger partial charge < -0.3 is 9.47 Å². The number of methoxy groups -OCH3 is 1. The Morgan fingerprint density at radius 1 is 1.23 bits per heavy atom. The quantitative estimate of drug-likeness (QED) is 0.176. The normalized spacial score (nSPS) is 14.6. The maximum atomic E-state index is 14.0. The number of halogens is 1. The van der Waals surface area contributed by atoms with E-state index in [-0.39, 0.29) is 22.7 Å². The minimum atomic E-state index is -0.360. The molecule has 0 atom stereocenters. The van der Waals surface area contributed by atoms with Crippen molar-refractivity contribution < 1.29 is 14.3 Å². The first-order chi connectivity index (χ1) is 16.8. The van der Waals surface area contributed by atoms with Crippen LogP contribution in [0.4, 0.5) is 0 Å². The highest BCUT2D eigenvalue weighted by atomic mass is 35.5. The molecule has 0 fully saturated rings. The van der Waals surface area contributed by atoms with Crippen LogP contribution in [0.15, 0.2) is 58.5 Å². The summed E-state index contributed by atoms with van der Waals surface area (Å²) in [6, 6.07) is 14.1. The van der Waals surface area contributed by atoms with Gasteiger partial charge in [-0.25, -0.2) is 4.98 Å². The van der Waals surface area contributed by atoms with Gasteiger partial charge in [0.05, 0.1) is 36.1 Å². The summed E-state index contributed by atoms with van der Waals surface area (Å²) in [4.78, 5) is 33.5. The molecule has 2 aromatic heterocycles. The first-order valence-electron chi connectivity index (χ1n) is 11.0. The number of aromatic nitrogens is 2. The molecular formula is C26H23ClN2O4S2. The first-order valence-corrected chi connectivity index (χ1v) is 13.2. The predicted octanol–water partition coefficient (Wildman–Crippen LogP) is 5.94. The largest absolute Gasteiger partial charge is 0.495 e. The number of hydrogen-bond acceptors (Lipinski definition) is 7. The highest BCUT2D eigenvalue weighted by molar-refractivity contribution is 7.99. The maximum Gasteiger partial charge on any atom is 0.267 e. The molecule has 180 valence electrons. The Hall–Kier alpha value is -2.65. The highest BCUT2D eigenvalue weighted by Crippen LogP contribution is 2.38. The molecule has 9 heteroatoms. The molecule has 0 bridgehead atoms. The Kier molecular flexibility index (Phi) is 6.48. The Morgan fingerprint density at radius 3 is 2.71 bits per heavy atom. The molecule has 0 radical (unpaired) electrons. The van der Waals surface area contributed by atoms with Gasteiger partial charge in [-0.2, -0.15) is 0 Å². The summed E-state index contributed by atoms with van der Waals surface area (Å²) in [6.07, 6.45) is 0.632. The van der Waals surface area contributed by atoms with Crippen LogP contribution in [0, 0.1) is 0 Å². The Balaban J connectivity index is 1.64. The average Bonchev–Trinajstić information content (AvgIpc) is 3.19. The number of Topliss-reactive ketones (excluding diaryl/α,β-unsaturated/α-hetero) is 1. The van der Waals surface area contributed by atoms with Gasteiger partial charge in [0.2, 0.25) is 0 Å². The number of benzene rings is 2. The van der Waals surface area contributed by atoms with Crippen LogP contribution in [0.2, 0.25) is 5.02 Å². The lowest BCUT2D eigenvalue weighted by Gasteiger charge is -2.30. The summed E-state index contributed by atoms with van der Waals surface area (Å²) in [5.41, 5.74) is 1.61. The molecule has 2 aromatic carbocycles. The minimum Gasteiger partial charge on any atom is -0.495 e. The standard InChI is InChI=1S/C26H23ClN2O4S2/c1-26(2)12-17-21(13-33-26)35-23-22(17)24(31)29(18-6-4-5-7-20(18)32-3)25(28-23)34-14-19(30)15-8-10-16(27)11-9-15/h4-11H,12-14H2,1-3H3. The van der Waals surface area contributed by atoms with Crippen LogP contribution >= 0.6 is 34.7 Å². The molecule has 0 unspecified atom stereocenters. The number of carbonyl (C=O) groups excluding carboxylic acids is 1. The lowest BCUT2D eigenvalue weighted by atomic mass is 9.94. The van der Waals surface area contributed by atoms with E-state index in [1.54, 1.807) is 42.0 Å². The Morgan fingerprint density at radius 2 is 1.97 bits per heavy atom. The molecule has 35 heavy (non-hydrogen) atoms. The van der Waals surface area contributed by atoms with Crippen molar-refractivity contribution in [2.75, 3.05) is 12.9 Å². The van der Waals surface area contributed by atoms with Crippen LogP contribution in [0.1, 0.15) is 34.6 Å². The van der Waals surface area contributed by atoms with Crippen LogP contribution in [-0.4, -0.2) is 33.8 Å². The summed E-state index contributed by atoms with van der Waals surface area (Å²) in [5.74, 6) is 0.596. The second kappa shape index (κ2) is 9.43. The van der Waals surface area contributed by atoms with Crippen molar-refractivity contribution in [2.45, 2.75) is 37.6 Å². The third-order valence-electron chi connectivity index (χ3n) is 5.90. The van der Waals surface area contributed by atoms with Gasteiger partial charge in [-0.15, -0.1) is 11.3 Å². The molecule has 6 nitrogen and oxygen atoms in total. The van der Waals surface area contributed by atoms with Gasteiger partial charge in [-0.3, -0.25) is 14.2 Å². The first kappa shape index (κ1) is 24.1. The van der Waals surface area contributed by atoms with Crippen LogP contribution in [-0.2, 0) is 17.8 Å². The van der Waals surface area contributed by atoms with Crippen LogP contribution in [0.5, 0.6) is 5.75 Å². The van der Waals surface area contributed by atoms with Gasteiger partial charge in [0.15, 0.2) is 10.9 Å². The topological polar surface area (TPSA) is 70.4 Å². The third kappa shape index (κ3) is 4.63. The summed E-state index contributed by atoms with van der Waals surface area (Å²) in [7, 11) is 1.57. The monoisotopic (exact) mass is 526 g/mol. The lowest BCUT2D eigenvalue weighted by molar-refractivity contribution is -0.0379. The van der Waals surface area contributed by atoms with E-state index in [1.165, 1.54) is 23.1 Å². The molecule has 0 saturated heterocycles. The molecule has 0 aliphatic carbocycles. The summed E-state index contributed by atoms with van der Waals surface area (Å²) in [5, 5.41) is 1.62. The second-order valence-electron chi connectivity index (χ2n) is 8.83. The van der Waals surface area contributed by atoms with E-state index in [9.17, 15) is 9.59 Å². The van der Waals surface area contributed by atoms with Gasteiger partial charge in [0.25, 0.3) is 5.56 Å². The smallest absolute Gasteiger partial charge is 0.267 e. The minimum absolute atomic E-state index is 0.0757. The predicted molar refractivity (Wildman–Crippen MR) is 141 cm³/mol. The Bertz CT molecular complexity index is 1490. The maximum absolute atomic E-state index is 14.0. The van der Waals surface area contributed by atoms with E-state index in [1.807, 2.05) is 32.0 Å². The van der Waals surface area contributed by atoms with Crippen molar-refractivity contribution in [1.82, 2.24) is 9.55 Å². The van der Waals surface area contributed by atoms with E-state index in [0.29, 0.717) is 50.4 Å². The number of fused-ring (bicyclic) bond motifs is 3. The van der Waals surface area contributed by atoms with Gasteiger partial charge in [-0.1, -0.05) is 35.5 Å². The number of nitrogens with zero attached hydrogens (tertiary/aromatic N) is 2. The molecule has 5 rings (SSSR count). The molecule has 0 spiro atoms. The van der Waals surface area contributed by atoms with Gasteiger partial charge in [0, 0.05) is 21.9 Å². The number of ketones is 1. The van der Waals surface area contributed by atoms with Crippen LogP contribution in [0.3, 0.4) is 0 Å². The van der Waals surface area contributed by atoms with E-state index in [4.69, 9.17) is 26.1 Å². The fourth-order valence-electron chi connectivity index (χ4n) is 4.15. The fourth-order valence-corrected chi connectivity index (χ4v) is 6.32. The molecular weight excluding hydrogens is 504 g/mol. The van der Waals surface area contributed by atoms with Crippen molar-refractivity contribution in [3.63, 3.8) is 0 Å². The zero-order valence-electron chi connectivity index (χ0n) is 19.5. The van der Waals surface area contributed by atoms with Crippen molar-refractivity contribution in [3.8, 4) is 11.4 Å². The van der Waals surface area contributed by atoms with Gasteiger partial charge in [-0.05, 0) is 55.8 Å². The molecule has 3 heterocycles. The zero-order valence-corrected chi connectivity index (χ0v) is 21.9.